The molecule has 132 valence electrons. The van der Waals surface area contributed by atoms with Crippen molar-refractivity contribution in [2.75, 3.05) is 0 Å². The molecule has 0 saturated carbocycles. The predicted octanol–water partition coefficient (Wildman–Crippen LogP) is 4.31. The lowest BCUT2D eigenvalue weighted by Crippen LogP contribution is -2.19. The lowest BCUT2D eigenvalue weighted by Gasteiger charge is -1.97. The van der Waals surface area contributed by atoms with Gasteiger partial charge >= 0.3 is 0 Å². The van der Waals surface area contributed by atoms with Gasteiger partial charge in [-0.25, -0.2) is 9.38 Å². The third kappa shape index (κ3) is 3.50. The second kappa shape index (κ2) is 7.14. The SMILES string of the molecule is C#CCn1cc(/C=C2/SC(=Nc3ccc(F)cc3)NC2=O)c2ccccc21. The van der Waals surface area contributed by atoms with Gasteiger partial charge in [-0.15, -0.1) is 6.42 Å². The molecule has 1 fully saturated rings. The zero-order valence-corrected chi connectivity index (χ0v) is 15.0. The molecule has 6 heteroatoms. The van der Waals surface area contributed by atoms with Gasteiger partial charge in [-0.3, -0.25) is 4.79 Å². The first kappa shape index (κ1) is 17.1. The van der Waals surface area contributed by atoms with Crippen LogP contribution < -0.4 is 5.32 Å². The average Bonchev–Trinajstić information content (AvgIpc) is 3.19. The molecule has 2 heterocycles. The van der Waals surface area contributed by atoms with E-state index in [1.165, 1.54) is 23.9 Å². The predicted molar refractivity (Wildman–Crippen MR) is 108 cm³/mol. The van der Waals surface area contributed by atoms with Crippen molar-refractivity contribution < 1.29 is 9.18 Å². The molecule has 0 aliphatic carbocycles. The topological polar surface area (TPSA) is 46.4 Å². The van der Waals surface area contributed by atoms with E-state index in [2.05, 4.69) is 16.2 Å². The Morgan fingerprint density at radius 1 is 1.22 bits per heavy atom. The lowest BCUT2D eigenvalue weighted by molar-refractivity contribution is -0.115. The molecule has 0 atom stereocenters. The first-order chi connectivity index (χ1) is 13.1. The molecule has 1 aliphatic heterocycles. The summed E-state index contributed by atoms with van der Waals surface area (Å²) in [6.45, 7) is 0.459. The van der Waals surface area contributed by atoms with Gasteiger partial charge in [-0.2, -0.15) is 0 Å². The molecule has 27 heavy (non-hydrogen) atoms. The number of thioether (sulfide) groups is 1. The number of carbonyl (C=O) groups excluding carboxylic acids is 1. The maximum absolute atomic E-state index is 13.0. The van der Waals surface area contributed by atoms with Gasteiger partial charge in [-0.1, -0.05) is 24.1 Å². The van der Waals surface area contributed by atoms with Gasteiger partial charge in [0.05, 0.1) is 17.1 Å². The van der Waals surface area contributed by atoms with Crippen molar-refractivity contribution in [3.63, 3.8) is 0 Å². The summed E-state index contributed by atoms with van der Waals surface area (Å²) in [6, 6.07) is 13.7. The summed E-state index contributed by atoms with van der Waals surface area (Å²) in [5.41, 5.74) is 2.51. The number of nitrogens with one attached hydrogen (secondary N) is 1. The van der Waals surface area contributed by atoms with Crippen LogP contribution in [0, 0.1) is 18.2 Å². The van der Waals surface area contributed by atoms with Crippen LogP contribution in [0.2, 0.25) is 0 Å². The van der Waals surface area contributed by atoms with Crippen molar-refractivity contribution in [1.29, 1.82) is 0 Å². The summed E-state index contributed by atoms with van der Waals surface area (Å²) in [7, 11) is 0. The first-order valence-electron chi connectivity index (χ1n) is 8.20. The molecule has 1 N–H and O–H groups in total. The normalized spacial score (nSPS) is 16.8. The molecule has 4 nitrogen and oxygen atoms in total. The largest absolute Gasteiger partial charge is 0.335 e. The van der Waals surface area contributed by atoms with Gasteiger partial charge in [0.1, 0.15) is 5.82 Å². The van der Waals surface area contributed by atoms with Crippen molar-refractivity contribution in [3.8, 4) is 12.3 Å². The standard InChI is InChI=1S/C21H14FN3OS/c1-2-11-25-13-14(17-5-3-4-6-18(17)25)12-19-20(26)24-21(27-19)23-16-9-7-15(22)8-10-16/h1,3-10,12-13H,11H2,(H,23,24,26)/b19-12+. The number of benzene rings is 2. The van der Waals surface area contributed by atoms with Crippen LogP contribution in [0.4, 0.5) is 10.1 Å². The minimum absolute atomic E-state index is 0.213. The number of hydrogen-bond acceptors (Lipinski definition) is 3. The fourth-order valence-electron chi connectivity index (χ4n) is 2.87. The molecule has 0 bridgehead atoms. The fraction of sp³-hybridized carbons (Fsp3) is 0.0476. The Labute approximate surface area is 159 Å². The number of rotatable bonds is 3. The molecular weight excluding hydrogens is 361 g/mol. The summed E-state index contributed by atoms with van der Waals surface area (Å²) in [5.74, 6) is 2.10. The maximum atomic E-state index is 13.0. The van der Waals surface area contributed by atoms with Crippen molar-refractivity contribution in [1.82, 2.24) is 9.88 Å². The second-order valence-corrected chi connectivity index (χ2v) is 6.92. The number of terminal acetylenes is 1. The van der Waals surface area contributed by atoms with E-state index in [1.54, 1.807) is 12.1 Å². The number of nitrogens with zero attached hydrogens (tertiary/aromatic N) is 2. The molecule has 0 unspecified atom stereocenters. The van der Waals surface area contributed by atoms with Gasteiger partial charge in [-0.05, 0) is 48.2 Å². The summed E-state index contributed by atoms with van der Waals surface area (Å²) in [5, 5.41) is 4.23. The molecule has 3 aromatic rings. The highest BCUT2D eigenvalue weighted by Crippen LogP contribution is 2.31. The van der Waals surface area contributed by atoms with Gasteiger partial charge in [0.25, 0.3) is 5.91 Å². The molecular formula is C21H14FN3OS. The van der Waals surface area contributed by atoms with E-state index in [4.69, 9.17) is 6.42 Å². The smallest absolute Gasteiger partial charge is 0.264 e. The van der Waals surface area contributed by atoms with E-state index < -0.39 is 0 Å². The molecule has 0 radical (unpaired) electrons. The second-order valence-electron chi connectivity index (χ2n) is 5.89. The summed E-state index contributed by atoms with van der Waals surface area (Å²) in [6.07, 6.45) is 9.23. The number of aromatic nitrogens is 1. The van der Waals surface area contributed by atoms with Crippen LogP contribution in [-0.4, -0.2) is 15.6 Å². The van der Waals surface area contributed by atoms with Crippen LogP contribution >= 0.6 is 11.8 Å². The zero-order chi connectivity index (χ0) is 18.8. The van der Waals surface area contributed by atoms with Gasteiger partial charge in [0.2, 0.25) is 0 Å². The Morgan fingerprint density at radius 2 is 2.00 bits per heavy atom. The fourth-order valence-corrected chi connectivity index (χ4v) is 3.71. The Bertz CT molecular complexity index is 1140. The van der Waals surface area contributed by atoms with E-state index >= 15 is 0 Å². The zero-order valence-electron chi connectivity index (χ0n) is 14.1. The number of amides is 1. The van der Waals surface area contributed by atoms with Crippen LogP contribution in [-0.2, 0) is 11.3 Å². The molecule has 1 saturated heterocycles. The summed E-state index contributed by atoms with van der Waals surface area (Å²) >= 11 is 1.25. The molecule has 4 rings (SSSR count). The van der Waals surface area contributed by atoms with Crippen LogP contribution in [0.25, 0.3) is 17.0 Å². The number of aliphatic imine (C=N–C) groups is 1. The summed E-state index contributed by atoms with van der Waals surface area (Å²) in [4.78, 5) is 17.2. The highest BCUT2D eigenvalue weighted by molar-refractivity contribution is 8.18. The number of hydrogen-bond donors (Lipinski definition) is 1. The monoisotopic (exact) mass is 375 g/mol. The Balaban J connectivity index is 1.67. The third-order valence-corrected chi connectivity index (χ3v) is 4.99. The Hall–Kier alpha value is -3.30. The van der Waals surface area contributed by atoms with Gasteiger partial charge < -0.3 is 9.88 Å². The van der Waals surface area contributed by atoms with E-state index in [-0.39, 0.29) is 11.7 Å². The minimum Gasteiger partial charge on any atom is -0.335 e. The van der Waals surface area contributed by atoms with Crippen LogP contribution in [0.1, 0.15) is 5.56 Å². The van der Waals surface area contributed by atoms with Gasteiger partial charge in [0.15, 0.2) is 5.17 Å². The van der Waals surface area contributed by atoms with Crippen molar-refractivity contribution in [2.45, 2.75) is 6.54 Å². The van der Waals surface area contributed by atoms with Crippen LogP contribution in [0.15, 0.2) is 64.6 Å². The summed E-state index contributed by atoms with van der Waals surface area (Å²) < 4.78 is 15.0. The van der Waals surface area contributed by atoms with E-state index in [1.807, 2.05) is 41.1 Å². The number of halogens is 1. The lowest BCUT2D eigenvalue weighted by atomic mass is 10.1. The molecule has 2 aromatic carbocycles. The quantitative estimate of drug-likeness (QED) is 0.548. The van der Waals surface area contributed by atoms with Crippen molar-refractivity contribution >= 4 is 45.5 Å². The van der Waals surface area contributed by atoms with Crippen molar-refractivity contribution in [3.05, 3.63) is 71.0 Å². The molecule has 1 aliphatic rings. The highest BCUT2D eigenvalue weighted by Gasteiger charge is 2.24. The number of amidine groups is 1. The first-order valence-corrected chi connectivity index (χ1v) is 9.02. The maximum Gasteiger partial charge on any atom is 0.264 e. The van der Waals surface area contributed by atoms with E-state index in [0.717, 1.165) is 16.5 Å². The van der Waals surface area contributed by atoms with Crippen LogP contribution in [0.3, 0.4) is 0 Å². The number of para-hydroxylation sites is 1. The molecule has 1 amide bonds. The third-order valence-electron chi connectivity index (χ3n) is 4.08. The minimum atomic E-state index is -0.328. The molecule has 1 aromatic heterocycles. The molecule has 0 spiro atoms. The highest BCUT2D eigenvalue weighted by atomic mass is 32.2. The van der Waals surface area contributed by atoms with E-state index in [9.17, 15) is 9.18 Å². The van der Waals surface area contributed by atoms with Crippen LogP contribution in [0.5, 0.6) is 0 Å². The number of fused-ring (bicyclic) bond motifs is 1. The average molecular weight is 375 g/mol. The Kier molecular flexibility index (Phi) is 4.53. The van der Waals surface area contributed by atoms with E-state index in [0.29, 0.717) is 22.3 Å². The Morgan fingerprint density at radius 3 is 2.78 bits per heavy atom. The van der Waals surface area contributed by atoms with Crippen molar-refractivity contribution in [2.24, 2.45) is 4.99 Å². The number of carbonyl (C=O) groups is 1. The van der Waals surface area contributed by atoms with Gasteiger partial charge in [0, 0.05) is 22.7 Å².